The molecule has 0 aromatic carbocycles. The van der Waals surface area contributed by atoms with Crippen LogP contribution >= 0.6 is 0 Å². The van der Waals surface area contributed by atoms with Gasteiger partial charge in [0, 0.05) is 0 Å². The van der Waals surface area contributed by atoms with Crippen molar-refractivity contribution in [1.29, 1.82) is 0 Å². The van der Waals surface area contributed by atoms with Gasteiger partial charge in [0.15, 0.2) is 0 Å². The van der Waals surface area contributed by atoms with Gasteiger partial charge < -0.3 is 7.96 Å². The van der Waals surface area contributed by atoms with Crippen LogP contribution in [0.25, 0.3) is 0 Å². The Morgan fingerprint density at radius 1 is 1.25 bits per heavy atom. The number of hydrogen-bond acceptors (Lipinski definition) is 4. The van der Waals surface area contributed by atoms with Crippen molar-refractivity contribution in [3.8, 4) is 0 Å². The van der Waals surface area contributed by atoms with Crippen LogP contribution < -0.4 is 37.7 Å². The fourth-order valence-electron chi connectivity index (χ4n) is 0.227. The van der Waals surface area contributed by atoms with Crippen molar-refractivity contribution >= 4 is 21.9 Å². The Labute approximate surface area is 95.8 Å². The Hall–Kier alpha value is 0.245. The number of aliphatic carboxylic acids is 1. The molecule has 0 saturated heterocycles. The SMILES string of the molecule is O=C(O)C(=O)CS(=O)(=O)O.[H-].[H-].[Li+].[Li+]. The molecule has 0 aromatic heterocycles. The molecule has 0 radical (unpaired) electrons. The predicted molar refractivity (Wildman–Crippen MR) is 31.3 cm³/mol. The van der Waals surface area contributed by atoms with E-state index in [9.17, 15) is 18.0 Å². The van der Waals surface area contributed by atoms with E-state index < -0.39 is 27.6 Å². The second-order valence-electron chi connectivity index (χ2n) is 1.45. The molecular formula is C3H6Li2O6S. The molecule has 0 rings (SSSR count). The minimum absolute atomic E-state index is 0. The number of carboxylic acid groups (broad SMARTS) is 1. The number of carbonyl (C=O) groups excluding carboxylic acids is 1. The monoisotopic (exact) mass is 184 g/mol. The van der Waals surface area contributed by atoms with E-state index in [1.807, 2.05) is 0 Å². The number of carboxylic acids is 1. The maximum atomic E-state index is 10.0. The van der Waals surface area contributed by atoms with Crippen LogP contribution in [0.1, 0.15) is 2.85 Å². The Balaban J connectivity index is -0.0000000675. The zero-order valence-electron chi connectivity index (χ0n) is 8.64. The quantitative estimate of drug-likeness (QED) is 0.256. The molecule has 0 aliphatic heterocycles. The van der Waals surface area contributed by atoms with Crippen molar-refractivity contribution in [2.24, 2.45) is 0 Å². The topological polar surface area (TPSA) is 109 Å². The van der Waals surface area contributed by atoms with Gasteiger partial charge in [-0.1, -0.05) is 0 Å². The van der Waals surface area contributed by atoms with E-state index in [2.05, 4.69) is 0 Å². The molecule has 0 atom stereocenters. The Morgan fingerprint density at radius 2 is 1.58 bits per heavy atom. The smallest absolute Gasteiger partial charge is 1.00 e. The summed E-state index contributed by atoms with van der Waals surface area (Å²) in [5.74, 6) is -4.80. The molecular weight excluding hydrogens is 178 g/mol. The Morgan fingerprint density at radius 3 is 1.67 bits per heavy atom. The predicted octanol–water partition coefficient (Wildman–Crippen LogP) is -7.24. The van der Waals surface area contributed by atoms with Crippen LogP contribution in [0.4, 0.5) is 0 Å². The maximum absolute atomic E-state index is 10.0. The van der Waals surface area contributed by atoms with E-state index in [4.69, 9.17) is 9.66 Å². The minimum Gasteiger partial charge on any atom is -1.00 e. The van der Waals surface area contributed by atoms with Gasteiger partial charge in [0.1, 0.15) is 5.75 Å². The van der Waals surface area contributed by atoms with Gasteiger partial charge in [0.2, 0.25) is 0 Å². The third-order valence-corrected chi connectivity index (χ3v) is 1.18. The summed E-state index contributed by atoms with van der Waals surface area (Å²) in [6, 6.07) is 0. The molecule has 0 aliphatic rings. The molecule has 9 heteroatoms. The zero-order chi connectivity index (χ0) is 8.36. The fourth-order valence-corrected chi connectivity index (χ4v) is 0.682. The maximum Gasteiger partial charge on any atom is 1.00 e. The van der Waals surface area contributed by atoms with Crippen molar-refractivity contribution in [3.63, 3.8) is 0 Å². The molecule has 2 N–H and O–H groups in total. The molecule has 0 aliphatic carbocycles. The average Bonchev–Trinajstić information content (AvgIpc) is 1.60. The molecule has 0 amide bonds. The van der Waals surface area contributed by atoms with Gasteiger partial charge >= 0.3 is 43.7 Å². The first-order valence-electron chi connectivity index (χ1n) is 2.04. The van der Waals surface area contributed by atoms with E-state index in [1.165, 1.54) is 0 Å². The molecule has 0 spiro atoms. The first-order valence-corrected chi connectivity index (χ1v) is 3.65. The Bertz CT molecular complexity index is 264. The molecule has 6 nitrogen and oxygen atoms in total. The van der Waals surface area contributed by atoms with Crippen molar-refractivity contribution in [3.05, 3.63) is 0 Å². The van der Waals surface area contributed by atoms with Crippen LogP contribution in [0, 0.1) is 0 Å². The van der Waals surface area contributed by atoms with E-state index >= 15 is 0 Å². The fraction of sp³-hybridized carbons (Fsp3) is 0.333. The standard InChI is InChI=1S/C3H4O6S.2Li.2H/c4-2(3(5)6)1-10(7,8)9;;;;/h1H2,(H,5,6)(H,7,8,9);;;;/q;2*+1;2*-1. The summed E-state index contributed by atoms with van der Waals surface area (Å²) in [6.07, 6.45) is 0. The van der Waals surface area contributed by atoms with E-state index in [-0.39, 0.29) is 40.6 Å². The summed E-state index contributed by atoms with van der Waals surface area (Å²) in [7, 11) is -4.50. The van der Waals surface area contributed by atoms with Crippen molar-refractivity contribution in [2.75, 3.05) is 5.75 Å². The normalized spacial score (nSPS) is 9.08. The van der Waals surface area contributed by atoms with Gasteiger partial charge in [-0.05, 0) is 0 Å². The van der Waals surface area contributed by atoms with Gasteiger partial charge in [-0.25, -0.2) is 4.79 Å². The summed E-state index contributed by atoms with van der Waals surface area (Å²) in [5, 5.41) is 7.82. The van der Waals surface area contributed by atoms with E-state index in [0.717, 1.165) is 0 Å². The number of ketones is 1. The molecule has 0 fully saturated rings. The zero-order valence-corrected chi connectivity index (χ0v) is 7.46. The van der Waals surface area contributed by atoms with Crippen LogP contribution in [0.5, 0.6) is 0 Å². The summed E-state index contributed by atoms with van der Waals surface area (Å²) in [4.78, 5) is 19.7. The van der Waals surface area contributed by atoms with Crippen LogP contribution in [0.15, 0.2) is 0 Å². The third-order valence-electron chi connectivity index (χ3n) is 0.552. The number of hydrogen-bond donors (Lipinski definition) is 2. The van der Waals surface area contributed by atoms with Gasteiger partial charge in [0.05, 0.1) is 0 Å². The van der Waals surface area contributed by atoms with Gasteiger partial charge in [-0.2, -0.15) is 8.42 Å². The van der Waals surface area contributed by atoms with Crippen molar-refractivity contribution in [1.82, 2.24) is 0 Å². The third kappa shape index (κ3) is 10.2. The number of Topliss-reactive ketones (excluding diaryl/α,β-unsaturated/α-hetero) is 1. The molecule has 62 valence electrons. The molecule has 0 unspecified atom stereocenters. The van der Waals surface area contributed by atoms with Crippen LogP contribution in [-0.2, 0) is 19.7 Å². The van der Waals surface area contributed by atoms with E-state index in [1.54, 1.807) is 0 Å². The summed E-state index contributed by atoms with van der Waals surface area (Å²) >= 11 is 0. The van der Waals surface area contributed by atoms with Gasteiger partial charge in [0.25, 0.3) is 15.9 Å². The van der Waals surface area contributed by atoms with Crippen LogP contribution in [0.2, 0.25) is 0 Å². The Kier molecular flexibility index (Phi) is 10.2. The summed E-state index contributed by atoms with van der Waals surface area (Å²) in [5.41, 5.74) is 0. The molecule has 0 saturated carbocycles. The van der Waals surface area contributed by atoms with Crippen LogP contribution in [0.3, 0.4) is 0 Å². The number of carbonyl (C=O) groups is 2. The largest absolute Gasteiger partial charge is 1.00 e. The van der Waals surface area contributed by atoms with Gasteiger partial charge in [-0.15, -0.1) is 0 Å². The molecule has 0 aromatic rings. The summed E-state index contributed by atoms with van der Waals surface area (Å²) in [6.45, 7) is 0. The van der Waals surface area contributed by atoms with Gasteiger partial charge in [-0.3, -0.25) is 9.35 Å². The van der Waals surface area contributed by atoms with E-state index in [0.29, 0.717) is 0 Å². The molecule has 0 bridgehead atoms. The molecule has 12 heavy (non-hydrogen) atoms. The van der Waals surface area contributed by atoms with Crippen LogP contribution in [-0.4, -0.2) is 35.6 Å². The first kappa shape index (κ1) is 18.1. The van der Waals surface area contributed by atoms with Crippen molar-refractivity contribution < 1.29 is 68.2 Å². The second-order valence-corrected chi connectivity index (χ2v) is 2.91. The number of rotatable bonds is 3. The van der Waals surface area contributed by atoms with Crippen molar-refractivity contribution in [2.45, 2.75) is 0 Å². The second kappa shape index (κ2) is 6.73. The first-order chi connectivity index (χ1) is 4.33. The summed E-state index contributed by atoms with van der Waals surface area (Å²) < 4.78 is 27.6. The minimum atomic E-state index is -4.50. The molecule has 0 heterocycles. The average molecular weight is 184 g/mol.